The smallest absolute Gasteiger partial charge is 0.321 e. The molecule has 0 radical (unpaired) electrons. The predicted molar refractivity (Wildman–Crippen MR) is 50.5 cm³/mol. The van der Waals surface area contributed by atoms with E-state index in [2.05, 4.69) is 0 Å². The largest absolute Gasteiger partial charge is 0.480 e. The van der Waals surface area contributed by atoms with E-state index >= 15 is 0 Å². The Bertz CT molecular complexity index is 260. The first-order chi connectivity index (χ1) is 6.20. The van der Waals surface area contributed by atoms with Crippen LogP contribution in [-0.4, -0.2) is 22.9 Å². The molecule has 0 saturated carbocycles. The minimum atomic E-state index is -0.966. The van der Waals surface area contributed by atoms with E-state index in [1.807, 2.05) is 6.07 Å². The van der Waals surface area contributed by atoms with Gasteiger partial charge in [-0.1, -0.05) is 0 Å². The maximum absolute atomic E-state index is 10.3. The van der Waals surface area contributed by atoms with Crippen molar-refractivity contribution in [1.82, 2.24) is 0 Å². The number of nitrogens with two attached hydrogens (primary N) is 1. The molecule has 0 amide bonds. The molecule has 1 aromatic heterocycles. The van der Waals surface area contributed by atoms with E-state index < -0.39 is 12.0 Å². The third-order valence-corrected chi connectivity index (χ3v) is 2.52. The van der Waals surface area contributed by atoms with Crippen molar-refractivity contribution in [2.24, 2.45) is 5.73 Å². The van der Waals surface area contributed by atoms with Crippen LogP contribution in [0.3, 0.4) is 0 Å². The monoisotopic (exact) mass is 201 g/mol. The lowest BCUT2D eigenvalue weighted by Crippen LogP contribution is -2.32. The van der Waals surface area contributed by atoms with E-state index in [0.717, 1.165) is 5.76 Å². The molecular weight excluding hydrogens is 190 g/mol. The second kappa shape index (κ2) is 4.94. The van der Waals surface area contributed by atoms with Gasteiger partial charge in [0.25, 0.3) is 0 Å². The van der Waals surface area contributed by atoms with Crippen LogP contribution in [0.1, 0.15) is 5.76 Å². The summed E-state index contributed by atoms with van der Waals surface area (Å²) >= 11 is 1.45. The predicted octanol–water partition coefficient (Wildman–Crippen LogP) is 0.925. The Morgan fingerprint density at radius 2 is 2.54 bits per heavy atom. The molecule has 0 spiro atoms. The molecule has 1 atom stereocenters. The summed E-state index contributed by atoms with van der Waals surface area (Å²) in [6.07, 6.45) is 1.59. The molecule has 1 aromatic rings. The Balaban J connectivity index is 2.18. The molecule has 3 N–H and O–H groups in total. The molecule has 0 aliphatic rings. The number of furan rings is 1. The first kappa shape index (κ1) is 10.1. The number of hydrogen-bond donors (Lipinski definition) is 2. The third-order valence-electron chi connectivity index (χ3n) is 1.44. The second-order valence-corrected chi connectivity index (χ2v) is 3.57. The minimum absolute atomic E-state index is 0.399. The summed E-state index contributed by atoms with van der Waals surface area (Å²) in [5.74, 6) is 0.929. The summed E-state index contributed by atoms with van der Waals surface area (Å²) < 4.78 is 5.07. The molecular formula is C8H11NO3S. The first-order valence-electron chi connectivity index (χ1n) is 3.78. The van der Waals surface area contributed by atoms with Crippen LogP contribution >= 0.6 is 11.8 Å². The number of hydrogen-bond acceptors (Lipinski definition) is 4. The van der Waals surface area contributed by atoms with Crippen LogP contribution in [0.2, 0.25) is 0 Å². The molecule has 0 aliphatic carbocycles. The van der Waals surface area contributed by atoms with Crippen LogP contribution in [-0.2, 0) is 10.5 Å². The van der Waals surface area contributed by atoms with Crippen molar-refractivity contribution in [1.29, 1.82) is 0 Å². The van der Waals surface area contributed by atoms with Gasteiger partial charge in [0.1, 0.15) is 11.8 Å². The zero-order valence-corrected chi connectivity index (χ0v) is 7.79. The number of rotatable bonds is 5. The zero-order chi connectivity index (χ0) is 9.68. The van der Waals surface area contributed by atoms with Crippen LogP contribution in [0.15, 0.2) is 22.8 Å². The van der Waals surface area contributed by atoms with Gasteiger partial charge in [-0.25, -0.2) is 0 Å². The van der Waals surface area contributed by atoms with Gasteiger partial charge in [0, 0.05) is 5.75 Å². The van der Waals surface area contributed by atoms with E-state index in [1.165, 1.54) is 11.8 Å². The first-order valence-corrected chi connectivity index (χ1v) is 4.94. The van der Waals surface area contributed by atoms with E-state index in [9.17, 15) is 4.79 Å². The Morgan fingerprint density at radius 3 is 3.08 bits per heavy atom. The lowest BCUT2D eigenvalue weighted by molar-refractivity contribution is -0.137. The van der Waals surface area contributed by atoms with E-state index in [4.69, 9.17) is 15.3 Å². The average molecular weight is 201 g/mol. The highest BCUT2D eigenvalue weighted by Gasteiger charge is 2.10. The highest BCUT2D eigenvalue weighted by atomic mass is 32.2. The van der Waals surface area contributed by atoms with Gasteiger partial charge < -0.3 is 15.3 Å². The fourth-order valence-corrected chi connectivity index (χ4v) is 1.63. The summed E-state index contributed by atoms with van der Waals surface area (Å²) in [5.41, 5.74) is 5.30. The van der Waals surface area contributed by atoms with Crippen molar-refractivity contribution >= 4 is 17.7 Å². The topological polar surface area (TPSA) is 76.5 Å². The number of carboxylic acid groups (broad SMARTS) is 1. The minimum Gasteiger partial charge on any atom is -0.480 e. The SMILES string of the molecule is N[C@H](CSCc1ccco1)C(=O)O. The van der Waals surface area contributed by atoms with Crippen molar-refractivity contribution in [3.63, 3.8) is 0 Å². The summed E-state index contributed by atoms with van der Waals surface area (Å²) in [5, 5.41) is 8.48. The van der Waals surface area contributed by atoms with Gasteiger partial charge in [-0.2, -0.15) is 11.8 Å². The highest BCUT2D eigenvalue weighted by Crippen LogP contribution is 2.12. The Kier molecular flexibility index (Phi) is 3.85. The van der Waals surface area contributed by atoms with Crippen LogP contribution in [0.5, 0.6) is 0 Å². The summed E-state index contributed by atoms with van der Waals surface area (Å²) in [6.45, 7) is 0. The Morgan fingerprint density at radius 1 is 1.77 bits per heavy atom. The van der Waals surface area contributed by atoms with Gasteiger partial charge in [0.05, 0.1) is 12.0 Å². The van der Waals surface area contributed by atoms with Gasteiger partial charge >= 0.3 is 5.97 Å². The summed E-state index contributed by atoms with van der Waals surface area (Å²) in [4.78, 5) is 10.3. The quantitative estimate of drug-likeness (QED) is 0.741. The standard InChI is InChI=1S/C8H11NO3S/c9-7(8(10)11)5-13-4-6-2-1-3-12-6/h1-3,7H,4-5,9H2,(H,10,11)/t7-/m1/s1. The van der Waals surface area contributed by atoms with Crippen LogP contribution in [0.4, 0.5) is 0 Å². The van der Waals surface area contributed by atoms with Crippen molar-refractivity contribution in [2.75, 3.05) is 5.75 Å². The van der Waals surface area contributed by atoms with Gasteiger partial charge in [-0.15, -0.1) is 0 Å². The van der Waals surface area contributed by atoms with Gasteiger partial charge in [-0.3, -0.25) is 4.79 Å². The summed E-state index contributed by atoms with van der Waals surface area (Å²) in [7, 11) is 0. The molecule has 13 heavy (non-hydrogen) atoms. The van der Waals surface area contributed by atoms with Gasteiger partial charge in [0.2, 0.25) is 0 Å². The van der Waals surface area contributed by atoms with Crippen molar-refractivity contribution in [2.45, 2.75) is 11.8 Å². The molecule has 1 rings (SSSR count). The van der Waals surface area contributed by atoms with Gasteiger partial charge in [-0.05, 0) is 12.1 Å². The highest BCUT2D eigenvalue weighted by molar-refractivity contribution is 7.98. The number of thioether (sulfide) groups is 1. The number of aliphatic carboxylic acids is 1. The van der Waals surface area contributed by atoms with Crippen molar-refractivity contribution < 1.29 is 14.3 Å². The second-order valence-electron chi connectivity index (χ2n) is 2.54. The van der Waals surface area contributed by atoms with Crippen molar-refractivity contribution in [3.8, 4) is 0 Å². The fourth-order valence-electron chi connectivity index (χ4n) is 0.752. The van der Waals surface area contributed by atoms with Crippen molar-refractivity contribution in [3.05, 3.63) is 24.2 Å². The third kappa shape index (κ3) is 3.52. The van der Waals surface area contributed by atoms with Crippen LogP contribution < -0.4 is 5.73 Å². The van der Waals surface area contributed by atoms with E-state index in [-0.39, 0.29) is 0 Å². The average Bonchev–Trinajstić information content (AvgIpc) is 2.56. The fraction of sp³-hybridized carbons (Fsp3) is 0.375. The normalized spacial score (nSPS) is 12.7. The summed E-state index contributed by atoms with van der Waals surface area (Å²) in [6, 6.07) is 2.85. The lowest BCUT2D eigenvalue weighted by atomic mass is 10.4. The Labute approximate surface area is 80.1 Å². The molecule has 72 valence electrons. The molecule has 0 aliphatic heterocycles. The number of carbonyl (C=O) groups is 1. The molecule has 1 heterocycles. The van der Waals surface area contributed by atoms with Crippen LogP contribution in [0, 0.1) is 0 Å². The molecule has 0 saturated heterocycles. The maximum Gasteiger partial charge on any atom is 0.321 e. The number of carboxylic acids is 1. The molecule has 0 unspecified atom stereocenters. The molecule has 5 heteroatoms. The van der Waals surface area contributed by atoms with E-state index in [1.54, 1.807) is 12.3 Å². The van der Waals surface area contributed by atoms with E-state index in [0.29, 0.717) is 11.5 Å². The molecule has 0 aromatic carbocycles. The van der Waals surface area contributed by atoms with Crippen LogP contribution in [0.25, 0.3) is 0 Å². The van der Waals surface area contributed by atoms with Gasteiger partial charge in [0.15, 0.2) is 0 Å². The maximum atomic E-state index is 10.3. The molecule has 0 fully saturated rings. The molecule has 0 bridgehead atoms. The molecule has 4 nitrogen and oxygen atoms in total. The Hall–Kier alpha value is -0.940. The zero-order valence-electron chi connectivity index (χ0n) is 6.97. The lowest BCUT2D eigenvalue weighted by Gasteiger charge is -2.03.